The molecule has 0 radical (unpaired) electrons. The Labute approximate surface area is 177 Å². The van der Waals surface area contributed by atoms with Crippen molar-refractivity contribution in [2.24, 2.45) is 0 Å². The first-order valence-corrected chi connectivity index (χ1v) is 9.33. The second-order valence-electron chi connectivity index (χ2n) is 6.76. The van der Waals surface area contributed by atoms with Gasteiger partial charge in [-0.15, -0.1) is 0 Å². The Morgan fingerprint density at radius 1 is 1.03 bits per heavy atom. The summed E-state index contributed by atoms with van der Waals surface area (Å²) in [5, 5.41) is 16.2. The maximum Gasteiger partial charge on any atom is 0.328 e. The number of nitrogens with zero attached hydrogens (tertiary/aromatic N) is 1. The number of esters is 1. The number of halogens is 1. The van der Waals surface area contributed by atoms with E-state index < -0.39 is 40.6 Å². The highest BCUT2D eigenvalue weighted by atomic mass is 19.1. The van der Waals surface area contributed by atoms with Gasteiger partial charge in [0.25, 0.3) is 5.69 Å². The molecule has 0 saturated carbocycles. The van der Waals surface area contributed by atoms with Crippen molar-refractivity contribution < 1.29 is 28.4 Å². The molecular weight excluding hydrogens is 409 g/mol. The largest absolute Gasteiger partial charge is 0.467 e. The number of nitro benzene ring substituents is 1. The molecule has 0 aromatic heterocycles. The minimum absolute atomic E-state index is 0.0467. The second kappa shape index (κ2) is 10.8. The van der Waals surface area contributed by atoms with Gasteiger partial charge in [0.05, 0.1) is 12.0 Å². The van der Waals surface area contributed by atoms with Gasteiger partial charge in [0.2, 0.25) is 11.8 Å². The number of hydrogen-bond acceptors (Lipinski definition) is 6. The summed E-state index contributed by atoms with van der Waals surface area (Å²) in [6.45, 7) is 1.23. The summed E-state index contributed by atoms with van der Waals surface area (Å²) in [7, 11) is 1.13. The van der Waals surface area contributed by atoms with Crippen LogP contribution >= 0.6 is 0 Å². The third-order valence-electron chi connectivity index (χ3n) is 4.46. The number of carbonyl (C=O) groups excluding carboxylic acids is 3. The molecule has 0 bridgehead atoms. The van der Waals surface area contributed by atoms with Gasteiger partial charge in [-0.3, -0.25) is 19.7 Å². The van der Waals surface area contributed by atoms with E-state index in [2.05, 4.69) is 10.6 Å². The number of carbonyl (C=O) groups is 3. The number of hydrogen-bond donors (Lipinski definition) is 2. The molecule has 0 aliphatic heterocycles. The van der Waals surface area contributed by atoms with E-state index in [1.54, 1.807) is 6.07 Å². The molecule has 10 heteroatoms. The number of ether oxygens (including phenoxy) is 1. The van der Waals surface area contributed by atoms with Crippen LogP contribution in [0.2, 0.25) is 0 Å². The van der Waals surface area contributed by atoms with Crippen LogP contribution in [0, 0.1) is 15.9 Å². The van der Waals surface area contributed by atoms with Crippen molar-refractivity contribution in [2.45, 2.75) is 31.8 Å². The Morgan fingerprint density at radius 2 is 1.68 bits per heavy atom. The molecule has 164 valence electrons. The van der Waals surface area contributed by atoms with Crippen LogP contribution in [0.4, 0.5) is 10.1 Å². The third-order valence-corrected chi connectivity index (χ3v) is 4.46. The summed E-state index contributed by atoms with van der Waals surface area (Å²) in [5.74, 6) is -2.40. The van der Waals surface area contributed by atoms with E-state index in [0.717, 1.165) is 7.11 Å². The van der Waals surface area contributed by atoms with Crippen LogP contribution in [-0.4, -0.2) is 41.9 Å². The quantitative estimate of drug-likeness (QED) is 0.353. The molecule has 2 aromatic carbocycles. The highest BCUT2D eigenvalue weighted by Gasteiger charge is 2.29. The fourth-order valence-electron chi connectivity index (χ4n) is 3.00. The number of rotatable bonds is 9. The Morgan fingerprint density at radius 3 is 2.26 bits per heavy atom. The van der Waals surface area contributed by atoms with E-state index in [9.17, 15) is 28.9 Å². The molecule has 31 heavy (non-hydrogen) atoms. The lowest BCUT2D eigenvalue weighted by molar-refractivity contribution is -0.385. The second-order valence-corrected chi connectivity index (χ2v) is 6.76. The van der Waals surface area contributed by atoms with Crippen LogP contribution in [0.25, 0.3) is 0 Å². The number of nitro groups is 1. The summed E-state index contributed by atoms with van der Waals surface area (Å²) < 4.78 is 17.9. The molecule has 0 unspecified atom stereocenters. The van der Waals surface area contributed by atoms with Gasteiger partial charge < -0.3 is 15.4 Å². The smallest absolute Gasteiger partial charge is 0.328 e. The molecule has 2 aromatic rings. The number of methoxy groups -OCH3 is 1. The minimum Gasteiger partial charge on any atom is -0.467 e. The first-order valence-electron chi connectivity index (χ1n) is 9.33. The van der Waals surface area contributed by atoms with Crippen LogP contribution in [0.1, 0.15) is 18.1 Å². The number of nitrogens with one attached hydrogen (secondary N) is 2. The zero-order valence-corrected chi connectivity index (χ0v) is 17.0. The topological polar surface area (TPSA) is 128 Å². The Balaban J connectivity index is 2.23. The zero-order chi connectivity index (χ0) is 23.0. The molecule has 9 nitrogen and oxygen atoms in total. The van der Waals surface area contributed by atoms with Crippen LogP contribution in [0.5, 0.6) is 0 Å². The molecular formula is C21H22FN3O6. The number of amides is 2. The molecule has 0 heterocycles. The van der Waals surface area contributed by atoms with E-state index in [1.807, 2.05) is 0 Å². The summed E-state index contributed by atoms with van der Waals surface area (Å²) in [6.07, 6.45) is -0.135. The van der Waals surface area contributed by atoms with Crippen molar-refractivity contribution in [3.63, 3.8) is 0 Å². The molecule has 0 aliphatic carbocycles. The fourth-order valence-corrected chi connectivity index (χ4v) is 3.00. The predicted octanol–water partition coefficient (Wildman–Crippen LogP) is 1.68. The van der Waals surface area contributed by atoms with Gasteiger partial charge in [-0.25, -0.2) is 9.18 Å². The van der Waals surface area contributed by atoms with Gasteiger partial charge in [0.1, 0.15) is 17.9 Å². The maximum absolute atomic E-state index is 13.1. The average molecular weight is 431 g/mol. The first kappa shape index (κ1) is 23.5. The van der Waals surface area contributed by atoms with Gasteiger partial charge in [-0.2, -0.15) is 0 Å². The van der Waals surface area contributed by atoms with Crippen LogP contribution < -0.4 is 10.6 Å². The Bertz CT molecular complexity index is 964. The molecule has 2 amide bonds. The monoisotopic (exact) mass is 431 g/mol. The van der Waals surface area contributed by atoms with Crippen LogP contribution in [-0.2, 0) is 32.0 Å². The van der Waals surface area contributed by atoms with Crippen molar-refractivity contribution >= 4 is 23.5 Å². The molecule has 0 fully saturated rings. The van der Waals surface area contributed by atoms with E-state index >= 15 is 0 Å². The van der Waals surface area contributed by atoms with E-state index in [-0.39, 0.29) is 24.1 Å². The molecule has 2 N–H and O–H groups in total. The highest BCUT2D eigenvalue weighted by Crippen LogP contribution is 2.19. The van der Waals surface area contributed by atoms with Gasteiger partial charge >= 0.3 is 5.97 Å². The van der Waals surface area contributed by atoms with Gasteiger partial charge in [-0.1, -0.05) is 30.3 Å². The average Bonchev–Trinajstić information content (AvgIpc) is 2.73. The molecule has 2 rings (SSSR count). The Kier molecular flexibility index (Phi) is 8.18. The normalized spacial score (nSPS) is 12.4. The van der Waals surface area contributed by atoms with Gasteiger partial charge in [-0.05, 0) is 17.7 Å². The number of benzene rings is 2. The molecule has 0 aliphatic rings. The van der Waals surface area contributed by atoms with Crippen LogP contribution in [0.3, 0.4) is 0 Å². The van der Waals surface area contributed by atoms with Crippen molar-refractivity contribution in [2.75, 3.05) is 7.11 Å². The summed E-state index contributed by atoms with van der Waals surface area (Å²) in [4.78, 5) is 47.3. The van der Waals surface area contributed by atoms with E-state index in [1.165, 1.54) is 49.4 Å². The lowest BCUT2D eigenvalue weighted by atomic mass is 10.0. The summed E-state index contributed by atoms with van der Waals surface area (Å²) in [5.41, 5.74) is 0.622. The van der Waals surface area contributed by atoms with E-state index in [4.69, 9.17) is 4.74 Å². The standard InChI is InChI=1S/C21H22FN3O6/c1-13(26)23-17(11-14-7-9-16(22)10-8-14)20(27)24-18(21(28)31-2)12-15-5-3-4-6-19(15)25(29)30/h3-10,17-18H,11-12H2,1-2H3,(H,23,26)(H,24,27)/t17-,18+/m1/s1. The molecule has 0 saturated heterocycles. The van der Waals surface area contributed by atoms with Gasteiger partial charge in [0, 0.05) is 31.4 Å². The third kappa shape index (κ3) is 6.88. The van der Waals surface area contributed by atoms with Gasteiger partial charge in [0.15, 0.2) is 0 Å². The summed E-state index contributed by atoms with van der Waals surface area (Å²) in [6, 6.07) is 8.96. The van der Waals surface area contributed by atoms with Crippen molar-refractivity contribution in [3.05, 3.63) is 75.6 Å². The van der Waals surface area contributed by atoms with E-state index in [0.29, 0.717) is 5.56 Å². The van der Waals surface area contributed by atoms with Crippen molar-refractivity contribution in [3.8, 4) is 0 Å². The Hall–Kier alpha value is -3.82. The number of para-hydroxylation sites is 1. The lowest BCUT2D eigenvalue weighted by Gasteiger charge is -2.22. The first-order chi connectivity index (χ1) is 14.7. The highest BCUT2D eigenvalue weighted by molar-refractivity contribution is 5.90. The van der Waals surface area contributed by atoms with Crippen molar-refractivity contribution in [1.29, 1.82) is 0 Å². The van der Waals surface area contributed by atoms with Crippen molar-refractivity contribution in [1.82, 2.24) is 10.6 Å². The lowest BCUT2D eigenvalue weighted by Crippen LogP contribution is -2.53. The van der Waals surface area contributed by atoms with Crippen LogP contribution in [0.15, 0.2) is 48.5 Å². The minimum atomic E-state index is -1.22. The SMILES string of the molecule is COC(=O)[C@H](Cc1ccccc1[N+](=O)[O-])NC(=O)[C@@H](Cc1ccc(F)cc1)NC(C)=O. The predicted molar refractivity (Wildman–Crippen MR) is 108 cm³/mol. The molecule has 0 spiro atoms. The summed E-state index contributed by atoms with van der Waals surface area (Å²) >= 11 is 0. The zero-order valence-electron chi connectivity index (χ0n) is 17.0. The fraction of sp³-hybridized carbons (Fsp3) is 0.286. The molecule has 2 atom stereocenters. The maximum atomic E-state index is 13.1.